The van der Waals surface area contributed by atoms with Crippen LogP contribution < -0.4 is 19.5 Å². The number of benzene rings is 2. The van der Waals surface area contributed by atoms with Crippen molar-refractivity contribution in [3.8, 4) is 17.2 Å². The van der Waals surface area contributed by atoms with E-state index in [2.05, 4.69) is 11.4 Å². The number of hydrogen-bond acceptors (Lipinski definition) is 4. The van der Waals surface area contributed by atoms with Crippen LogP contribution in [0.2, 0.25) is 0 Å². The molecule has 0 fully saturated rings. The smallest absolute Gasteiger partial charge is 0.258 e. The van der Waals surface area contributed by atoms with Crippen LogP contribution in [0.3, 0.4) is 0 Å². The highest BCUT2D eigenvalue weighted by Crippen LogP contribution is 2.39. The van der Waals surface area contributed by atoms with E-state index in [0.717, 1.165) is 16.9 Å². The minimum absolute atomic E-state index is 0.0701. The van der Waals surface area contributed by atoms with Crippen molar-refractivity contribution in [2.75, 3.05) is 13.7 Å². The summed E-state index contributed by atoms with van der Waals surface area (Å²) < 4.78 is 16.9. The maximum atomic E-state index is 12.5. The Labute approximate surface area is 154 Å². The average Bonchev–Trinajstić information content (AvgIpc) is 2.60. The van der Waals surface area contributed by atoms with E-state index in [1.165, 1.54) is 0 Å². The van der Waals surface area contributed by atoms with Gasteiger partial charge in [0.2, 0.25) is 0 Å². The van der Waals surface area contributed by atoms with Crippen molar-refractivity contribution in [2.24, 2.45) is 0 Å². The molecule has 0 radical (unpaired) electrons. The zero-order chi connectivity index (χ0) is 18.7. The second kappa shape index (κ2) is 7.28. The number of rotatable bonds is 5. The van der Waals surface area contributed by atoms with E-state index < -0.39 is 0 Å². The van der Waals surface area contributed by atoms with Gasteiger partial charge >= 0.3 is 0 Å². The van der Waals surface area contributed by atoms with E-state index in [0.29, 0.717) is 17.9 Å². The van der Waals surface area contributed by atoms with Crippen LogP contribution in [0.15, 0.2) is 42.5 Å². The number of hydrogen-bond donors (Lipinski definition) is 1. The van der Waals surface area contributed by atoms with Gasteiger partial charge in [-0.15, -0.1) is 0 Å². The number of ether oxygens (including phenoxy) is 3. The van der Waals surface area contributed by atoms with E-state index in [-0.39, 0.29) is 24.2 Å². The van der Waals surface area contributed by atoms with Crippen molar-refractivity contribution in [3.63, 3.8) is 0 Å². The predicted molar refractivity (Wildman–Crippen MR) is 99.9 cm³/mol. The summed E-state index contributed by atoms with van der Waals surface area (Å²) in [5, 5.41) is 3.08. The highest BCUT2D eigenvalue weighted by Gasteiger charge is 2.34. The number of aryl methyl sites for hydroxylation is 1. The molecule has 26 heavy (non-hydrogen) atoms. The third-order valence-electron chi connectivity index (χ3n) is 4.39. The molecule has 0 aromatic heterocycles. The monoisotopic (exact) mass is 355 g/mol. The topological polar surface area (TPSA) is 56.8 Å². The lowest BCUT2D eigenvalue weighted by Crippen LogP contribution is -2.42. The minimum atomic E-state index is -0.344. The van der Waals surface area contributed by atoms with Gasteiger partial charge in [-0.1, -0.05) is 29.8 Å². The van der Waals surface area contributed by atoms with E-state index in [1.807, 2.05) is 45.0 Å². The fourth-order valence-corrected chi connectivity index (χ4v) is 3.22. The Kier molecular flexibility index (Phi) is 5.07. The molecule has 1 aliphatic rings. The molecule has 2 aromatic carbocycles. The third-order valence-corrected chi connectivity index (χ3v) is 4.39. The van der Waals surface area contributed by atoms with Gasteiger partial charge in [0.05, 0.1) is 13.2 Å². The molecule has 0 spiro atoms. The average molecular weight is 355 g/mol. The van der Waals surface area contributed by atoms with Gasteiger partial charge < -0.3 is 19.5 Å². The summed E-state index contributed by atoms with van der Waals surface area (Å²) in [5.74, 6) is 1.80. The maximum absolute atomic E-state index is 12.5. The first-order valence-electron chi connectivity index (χ1n) is 8.73. The van der Waals surface area contributed by atoms with Gasteiger partial charge in [0, 0.05) is 12.0 Å². The molecule has 3 rings (SSSR count). The Hall–Kier alpha value is -2.69. The maximum Gasteiger partial charge on any atom is 0.258 e. The second-order valence-corrected chi connectivity index (χ2v) is 7.17. The van der Waals surface area contributed by atoms with Gasteiger partial charge in [-0.05, 0) is 39.0 Å². The van der Waals surface area contributed by atoms with Crippen LogP contribution >= 0.6 is 0 Å². The van der Waals surface area contributed by atoms with Gasteiger partial charge in [-0.25, -0.2) is 0 Å². The second-order valence-electron chi connectivity index (χ2n) is 7.17. The SMILES string of the molecule is COc1ccccc1OCC(=O)N[C@@H]1CC(C)(C)Oc2ccc(C)cc21. The fourth-order valence-electron chi connectivity index (χ4n) is 3.22. The lowest BCUT2D eigenvalue weighted by Gasteiger charge is -2.38. The molecule has 1 atom stereocenters. The first-order valence-corrected chi connectivity index (χ1v) is 8.73. The number of carbonyl (C=O) groups is 1. The standard InChI is InChI=1S/C21H25NO4/c1-14-9-10-17-15(11-14)16(12-21(2,3)26-17)22-20(23)13-25-19-8-6-5-7-18(19)24-4/h5-11,16H,12-13H2,1-4H3,(H,22,23)/t16-/m1/s1. The summed E-state index contributed by atoms with van der Waals surface area (Å²) in [5.41, 5.74) is 1.80. The van der Waals surface area contributed by atoms with Crippen LogP contribution in [0.5, 0.6) is 17.2 Å². The molecule has 1 N–H and O–H groups in total. The van der Waals surface area contributed by atoms with Crippen molar-refractivity contribution >= 4 is 5.91 Å². The molecule has 2 aromatic rings. The van der Waals surface area contributed by atoms with Crippen molar-refractivity contribution in [2.45, 2.75) is 38.8 Å². The van der Waals surface area contributed by atoms with Gasteiger partial charge in [0.15, 0.2) is 18.1 Å². The molecule has 1 heterocycles. The van der Waals surface area contributed by atoms with E-state index in [1.54, 1.807) is 19.2 Å². The van der Waals surface area contributed by atoms with Crippen LogP contribution in [-0.2, 0) is 4.79 Å². The highest BCUT2D eigenvalue weighted by molar-refractivity contribution is 5.78. The quantitative estimate of drug-likeness (QED) is 0.886. The summed E-state index contributed by atoms with van der Waals surface area (Å²) in [6.45, 7) is 6.02. The van der Waals surface area contributed by atoms with Crippen molar-refractivity contribution in [1.29, 1.82) is 0 Å². The third kappa shape index (κ3) is 4.10. The lowest BCUT2D eigenvalue weighted by molar-refractivity contribution is -0.124. The summed E-state index contributed by atoms with van der Waals surface area (Å²) in [4.78, 5) is 12.5. The van der Waals surface area contributed by atoms with Crippen molar-refractivity contribution in [3.05, 3.63) is 53.6 Å². The van der Waals surface area contributed by atoms with Gasteiger partial charge in [-0.3, -0.25) is 4.79 Å². The zero-order valence-corrected chi connectivity index (χ0v) is 15.7. The molecular weight excluding hydrogens is 330 g/mol. The van der Waals surface area contributed by atoms with Crippen LogP contribution in [-0.4, -0.2) is 25.2 Å². The first kappa shape index (κ1) is 18.1. The van der Waals surface area contributed by atoms with Crippen LogP contribution in [0.25, 0.3) is 0 Å². The fraction of sp³-hybridized carbons (Fsp3) is 0.381. The molecular formula is C21H25NO4. The Morgan fingerprint density at radius 1 is 1.23 bits per heavy atom. The number of fused-ring (bicyclic) bond motifs is 1. The molecule has 0 saturated carbocycles. The van der Waals surface area contributed by atoms with E-state index >= 15 is 0 Å². The molecule has 5 nitrogen and oxygen atoms in total. The Morgan fingerprint density at radius 3 is 2.69 bits per heavy atom. The Morgan fingerprint density at radius 2 is 1.96 bits per heavy atom. The summed E-state index contributed by atoms with van der Waals surface area (Å²) in [6, 6.07) is 13.2. The summed E-state index contributed by atoms with van der Waals surface area (Å²) >= 11 is 0. The summed E-state index contributed by atoms with van der Waals surface area (Å²) in [7, 11) is 1.58. The molecule has 5 heteroatoms. The first-order chi connectivity index (χ1) is 12.4. The number of amides is 1. The van der Waals surface area contributed by atoms with Crippen LogP contribution in [0, 0.1) is 6.92 Å². The van der Waals surface area contributed by atoms with Crippen LogP contribution in [0.1, 0.15) is 37.4 Å². The largest absolute Gasteiger partial charge is 0.493 e. The van der Waals surface area contributed by atoms with Crippen molar-refractivity contribution in [1.82, 2.24) is 5.32 Å². The number of para-hydroxylation sites is 2. The molecule has 1 amide bonds. The normalized spacial score (nSPS) is 17.6. The van der Waals surface area contributed by atoms with Crippen LogP contribution in [0.4, 0.5) is 0 Å². The molecule has 0 bridgehead atoms. The number of methoxy groups -OCH3 is 1. The predicted octanol–water partition coefficient (Wildman–Crippen LogP) is 3.80. The minimum Gasteiger partial charge on any atom is -0.493 e. The van der Waals surface area contributed by atoms with Gasteiger partial charge in [0.25, 0.3) is 5.91 Å². The molecule has 0 aliphatic carbocycles. The van der Waals surface area contributed by atoms with Gasteiger partial charge in [-0.2, -0.15) is 0 Å². The van der Waals surface area contributed by atoms with Gasteiger partial charge in [0.1, 0.15) is 11.4 Å². The van der Waals surface area contributed by atoms with E-state index in [4.69, 9.17) is 14.2 Å². The number of carbonyl (C=O) groups excluding carboxylic acids is 1. The van der Waals surface area contributed by atoms with E-state index in [9.17, 15) is 4.79 Å². The molecule has 0 unspecified atom stereocenters. The summed E-state index contributed by atoms with van der Waals surface area (Å²) in [6.07, 6.45) is 0.698. The Balaban J connectivity index is 1.70. The molecule has 0 saturated heterocycles. The highest BCUT2D eigenvalue weighted by atomic mass is 16.5. The zero-order valence-electron chi connectivity index (χ0n) is 15.7. The lowest BCUT2D eigenvalue weighted by atomic mass is 9.89. The van der Waals surface area contributed by atoms with Crippen molar-refractivity contribution < 1.29 is 19.0 Å². The molecule has 138 valence electrons. The Bertz CT molecular complexity index is 800. The number of nitrogens with one attached hydrogen (secondary N) is 1. The molecule has 1 aliphatic heterocycles.